The van der Waals surface area contributed by atoms with Gasteiger partial charge in [-0.15, -0.1) is 0 Å². The average molecular weight is 436 g/mol. The smallest absolute Gasteiger partial charge is 0.275 e. The van der Waals surface area contributed by atoms with E-state index in [9.17, 15) is 4.79 Å². The Balaban J connectivity index is 1.37. The minimum Gasteiger partial charge on any atom is -0.492 e. The molecule has 7 nitrogen and oxygen atoms in total. The summed E-state index contributed by atoms with van der Waals surface area (Å²) in [6.45, 7) is 2.70. The molecule has 0 spiro atoms. The molecule has 0 bridgehead atoms. The van der Waals surface area contributed by atoms with Gasteiger partial charge in [-0.3, -0.25) is 9.48 Å². The first-order valence-electron chi connectivity index (χ1n) is 10.7. The molecule has 1 saturated heterocycles. The van der Waals surface area contributed by atoms with Crippen LogP contribution in [-0.4, -0.2) is 39.3 Å². The second kappa shape index (κ2) is 7.35. The molecule has 2 aromatic carbocycles. The summed E-state index contributed by atoms with van der Waals surface area (Å²) >= 11 is 6.42. The highest BCUT2D eigenvalue weighted by Gasteiger charge is 2.24. The number of rotatable bonds is 6. The molecule has 2 aliphatic rings. The SMILES string of the molecule is O=c1c2ccccc2c(Cn2cc3cc(OCC4CC4)c(Cl)cc3n2)nn1C1CNC1. The largest absolute Gasteiger partial charge is 0.492 e. The topological polar surface area (TPSA) is 74.0 Å². The van der Waals surface area contributed by atoms with Crippen molar-refractivity contribution in [2.75, 3.05) is 19.7 Å². The van der Waals surface area contributed by atoms with Crippen LogP contribution in [0, 0.1) is 5.92 Å². The Bertz CT molecular complexity index is 1350. The zero-order valence-electron chi connectivity index (χ0n) is 16.9. The van der Waals surface area contributed by atoms with Crippen LogP contribution in [0.1, 0.15) is 24.6 Å². The summed E-state index contributed by atoms with van der Waals surface area (Å²) in [7, 11) is 0. The number of nitrogens with zero attached hydrogens (tertiary/aromatic N) is 4. The Morgan fingerprint density at radius 1 is 1.13 bits per heavy atom. The third-order valence-electron chi connectivity index (χ3n) is 6.10. The maximum absolute atomic E-state index is 12.9. The molecular formula is C23H22ClN5O2. The Labute approximate surface area is 183 Å². The van der Waals surface area contributed by atoms with Crippen LogP contribution in [0.15, 0.2) is 47.4 Å². The van der Waals surface area contributed by atoms with Gasteiger partial charge >= 0.3 is 0 Å². The van der Waals surface area contributed by atoms with Crippen molar-refractivity contribution < 1.29 is 4.74 Å². The van der Waals surface area contributed by atoms with Crippen LogP contribution in [-0.2, 0) is 6.54 Å². The molecule has 0 radical (unpaired) electrons. The molecule has 3 heterocycles. The average Bonchev–Trinajstić information content (AvgIpc) is 3.48. The van der Waals surface area contributed by atoms with Crippen molar-refractivity contribution in [2.45, 2.75) is 25.4 Å². The van der Waals surface area contributed by atoms with Crippen LogP contribution >= 0.6 is 11.6 Å². The van der Waals surface area contributed by atoms with Gasteiger partial charge in [-0.05, 0) is 37.0 Å². The molecule has 2 fully saturated rings. The van der Waals surface area contributed by atoms with Crippen LogP contribution in [0.3, 0.4) is 0 Å². The predicted octanol–water partition coefficient (Wildman–Crippen LogP) is 3.38. The highest BCUT2D eigenvalue weighted by atomic mass is 35.5. The van der Waals surface area contributed by atoms with Crippen molar-refractivity contribution in [1.29, 1.82) is 0 Å². The molecule has 31 heavy (non-hydrogen) atoms. The molecule has 1 saturated carbocycles. The first kappa shape index (κ1) is 18.8. The molecule has 8 heteroatoms. The van der Waals surface area contributed by atoms with Gasteiger partial charge in [-0.2, -0.15) is 10.2 Å². The van der Waals surface area contributed by atoms with Crippen LogP contribution in [0.2, 0.25) is 5.02 Å². The van der Waals surface area contributed by atoms with Gasteiger partial charge in [-0.1, -0.05) is 29.8 Å². The van der Waals surface area contributed by atoms with Gasteiger partial charge in [0.2, 0.25) is 0 Å². The summed E-state index contributed by atoms with van der Waals surface area (Å²) in [6.07, 6.45) is 4.45. The molecule has 4 aromatic rings. The number of hydrogen-bond donors (Lipinski definition) is 1. The lowest BCUT2D eigenvalue weighted by Gasteiger charge is -2.28. The van der Waals surface area contributed by atoms with Gasteiger partial charge in [0, 0.05) is 30.1 Å². The molecule has 1 aliphatic carbocycles. The van der Waals surface area contributed by atoms with Crippen molar-refractivity contribution in [2.24, 2.45) is 5.92 Å². The number of aromatic nitrogens is 4. The minimum absolute atomic E-state index is 0.0410. The molecule has 0 amide bonds. The molecule has 158 valence electrons. The monoisotopic (exact) mass is 435 g/mol. The van der Waals surface area contributed by atoms with E-state index in [2.05, 4.69) is 5.32 Å². The Kier molecular flexibility index (Phi) is 4.47. The minimum atomic E-state index is -0.0410. The van der Waals surface area contributed by atoms with Gasteiger partial charge in [0.1, 0.15) is 5.75 Å². The number of benzene rings is 2. The highest BCUT2D eigenvalue weighted by molar-refractivity contribution is 6.32. The molecule has 1 aliphatic heterocycles. The Morgan fingerprint density at radius 3 is 2.68 bits per heavy atom. The second-order valence-corrected chi connectivity index (χ2v) is 8.88. The summed E-state index contributed by atoms with van der Waals surface area (Å²) < 4.78 is 9.38. The van der Waals surface area contributed by atoms with E-state index in [4.69, 9.17) is 26.5 Å². The quantitative estimate of drug-likeness (QED) is 0.502. The highest BCUT2D eigenvalue weighted by Crippen LogP contribution is 2.34. The lowest BCUT2D eigenvalue weighted by atomic mass is 10.1. The number of fused-ring (bicyclic) bond motifs is 2. The second-order valence-electron chi connectivity index (χ2n) is 8.48. The lowest BCUT2D eigenvalue weighted by molar-refractivity contribution is 0.300. The number of ether oxygens (including phenoxy) is 1. The Hall–Kier alpha value is -2.90. The van der Waals surface area contributed by atoms with Gasteiger partial charge in [0.25, 0.3) is 5.56 Å². The van der Waals surface area contributed by atoms with Crippen LogP contribution in [0.4, 0.5) is 0 Å². The van der Waals surface area contributed by atoms with Crippen molar-refractivity contribution in [1.82, 2.24) is 24.9 Å². The van der Waals surface area contributed by atoms with E-state index < -0.39 is 0 Å². The number of nitrogens with one attached hydrogen (secondary N) is 1. The summed E-state index contributed by atoms with van der Waals surface area (Å²) in [5.41, 5.74) is 1.59. The standard InChI is InChI=1S/C23H22ClN5O2/c24-19-8-20-15(7-22(19)31-13-14-5-6-14)11-28(26-20)12-21-17-3-1-2-4-18(17)23(30)29(27-21)16-9-25-10-16/h1-4,7-8,11,14,16,25H,5-6,9-10,12-13H2. The number of halogens is 1. The maximum atomic E-state index is 12.9. The molecule has 0 atom stereocenters. The van der Waals surface area contributed by atoms with E-state index in [1.807, 2.05) is 47.3 Å². The summed E-state index contributed by atoms with van der Waals surface area (Å²) in [4.78, 5) is 12.9. The first-order valence-corrected chi connectivity index (χ1v) is 11.0. The van der Waals surface area contributed by atoms with E-state index in [-0.39, 0.29) is 11.6 Å². The van der Waals surface area contributed by atoms with Crippen molar-refractivity contribution in [3.8, 4) is 5.75 Å². The summed E-state index contributed by atoms with van der Waals surface area (Å²) in [6, 6.07) is 11.5. The molecule has 2 aromatic heterocycles. The third kappa shape index (κ3) is 3.47. The summed E-state index contributed by atoms with van der Waals surface area (Å²) in [5, 5.41) is 15.7. The molecule has 1 N–H and O–H groups in total. The third-order valence-corrected chi connectivity index (χ3v) is 6.39. The van der Waals surface area contributed by atoms with Gasteiger partial charge in [0.15, 0.2) is 0 Å². The van der Waals surface area contributed by atoms with E-state index in [1.165, 1.54) is 12.8 Å². The van der Waals surface area contributed by atoms with Crippen molar-refractivity contribution >= 4 is 33.3 Å². The van der Waals surface area contributed by atoms with Crippen molar-refractivity contribution in [3.05, 3.63) is 63.7 Å². The van der Waals surface area contributed by atoms with Gasteiger partial charge < -0.3 is 10.1 Å². The molecular weight excluding hydrogens is 414 g/mol. The maximum Gasteiger partial charge on any atom is 0.275 e. The summed E-state index contributed by atoms with van der Waals surface area (Å²) in [5.74, 6) is 1.37. The van der Waals surface area contributed by atoms with E-state index in [1.54, 1.807) is 4.68 Å². The normalized spacial score (nSPS) is 16.7. The van der Waals surface area contributed by atoms with E-state index >= 15 is 0 Å². The molecule has 0 unspecified atom stereocenters. The number of hydrogen-bond acceptors (Lipinski definition) is 5. The Morgan fingerprint density at radius 2 is 1.94 bits per heavy atom. The van der Waals surface area contributed by atoms with Crippen molar-refractivity contribution in [3.63, 3.8) is 0 Å². The van der Waals surface area contributed by atoms with Crippen LogP contribution < -0.4 is 15.6 Å². The molecule has 6 rings (SSSR count). The van der Waals surface area contributed by atoms with Crippen LogP contribution in [0.25, 0.3) is 21.7 Å². The zero-order valence-corrected chi connectivity index (χ0v) is 17.7. The fraction of sp³-hybridized carbons (Fsp3) is 0.348. The zero-order chi connectivity index (χ0) is 20.9. The first-order chi connectivity index (χ1) is 15.2. The fourth-order valence-electron chi connectivity index (χ4n) is 4.00. The van der Waals surface area contributed by atoms with Crippen LogP contribution in [0.5, 0.6) is 5.75 Å². The van der Waals surface area contributed by atoms with Gasteiger partial charge in [0.05, 0.1) is 40.8 Å². The fourth-order valence-corrected chi connectivity index (χ4v) is 4.21. The van der Waals surface area contributed by atoms with E-state index in [0.29, 0.717) is 35.2 Å². The lowest BCUT2D eigenvalue weighted by Crippen LogP contribution is -2.48. The van der Waals surface area contributed by atoms with Gasteiger partial charge in [-0.25, -0.2) is 4.68 Å². The van der Waals surface area contributed by atoms with E-state index in [0.717, 1.165) is 35.1 Å². The predicted molar refractivity (Wildman–Crippen MR) is 120 cm³/mol.